The van der Waals surface area contributed by atoms with Gasteiger partial charge < -0.3 is 10.2 Å². The van der Waals surface area contributed by atoms with Gasteiger partial charge in [-0.15, -0.1) is 0 Å². The molecule has 0 saturated carbocycles. The highest BCUT2D eigenvalue weighted by molar-refractivity contribution is 5.75. The molecule has 0 fully saturated rings. The average molecular weight is 280 g/mol. The number of carboxylic acids is 2. The largest absolute Gasteiger partial charge is 0.480 e. The zero-order chi connectivity index (χ0) is 16.1. The van der Waals surface area contributed by atoms with Crippen LogP contribution in [-0.4, -0.2) is 33.2 Å². The fraction of sp³-hybridized carbons (Fsp3) is 0.667. The van der Waals surface area contributed by atoms with E-state index in [1.165, 1.54) is 27.7 Å². The van der Waals surface area contributed by atoms with E-state index in [9.17, 15) is 9.59 Å². The molecule has 2 N–H and O–H groups in total. The van der Waals surface area contributed by atoms with Crippen LogP contribution < -0.4 is 0 Å². The second-order valence-corrected chi connectivity index (χ2v) is 5.31. The predicted molar refractivity (Wildman–Crippen MR) is 66.5 cm³/mol. The zero-order valence-corrected chi connectivity index (χ0v) is 11.7. The summed E-state index contributed by atoms with van der Waals surface area (Å²) in [6.45, 7) is 5.60. The molecule has 0 radical (unpaired) electrons. The summed E-state index contributed by atoms with van der Waals surface area (Å²) in [6, 6.07) is 3.22. The van der Waals surface area contributed by atoms with E-state index in [4.69, 9.17) is 20.7 Å². The standard InChI is InChI=1S/C12H16N4O4/c1-11(2,7(5-13)9(17)18)15-16-12(3,4)8(6-14)10(19)20/h7-8H,1-4H3,(H,17,18)(H,19,20). The van der Waals surface area contributed by atoms with E-state index in [2.05, 4.69) is 10.2 Å². The molecule has 0 bridgehead atoms. The maximum atomic E-state index is 10.9. The number of carboxylic acid groups (broad SMARTS) is 2. The Morgan fingerprint density at radius 3 is 1.30 bits per heavy atom. The van der Waals surface area contributed by atoms with Crippen molar-refractivity contribution in [1.82, 2.24) is 0 Å². The van der Waals surface area contributed by atoms with Gasteiger partial charge in [0.1, 0.15) is 11.1 Å². The fourth-order valence-electron chi connectivity index (χ4n) is 1.40. The molecule has 0 amide bonds. The van der Waals surface area contributed by atoms with Crippen LogP contribution in [0.5, 0.6) is 0 Å². The van der Waals surface area contributed by atoms with Crippen molar-refractivity contribution in [1.29, 1.82) is 10.5 Å². The number of rotatable bonds is 6. The molecule has 20 heavy (non-hydrogen) atoms. The van der Waals surface area contributed by atoms with Crippen molar-refractivity contribution >= 4 is 11.9 Å². The van der Waals surface area contributed by atoms with Crippen molar-refractivity contribution in [3.63, 3.8) is 0 Å². The Labute approximate surface area is 116 Å². The Morgan fingerprint density at radius 2 is 1.15 bits per heavy atom. The van der Waals surface area contributed by atoms with Crippen molar-refractivity contribution in [2.45, 2.75) is 38.8 Å². The van der Waals surface area contributed by atoms with Gasteiger partial charge in [0.2, 0.25) is 0 Å². The van der Waals surface area contributed by atoms with Gasteiger partial charge in [0.25, 0.3) is 0 Å². The predicted octanol–water partition coefficient (Wildman–Crippen LogP) is 1.44. The van der Waals surface area contributed by atoms with Gasteiger partial charge in [-0.05, 0) is 27.7 Å². The third kappa shape index (κ3) is 4.02. The van der Waals surface area contributed by atoms with Crippen molar-refractivity contribution < 1.29 is 19.8 Å². The van der Waals surface area contributed by atoms with Gasteiger partial charge in [-0.3, -0.25) is 9.59 Å². The summed E-state index contributed by atoms with van der Waals surface area (Å²) in [5.41, 5.74) is -2.67. The van der Waals surface area contributed by atoms with Gasteiger partial charge in [0, 0.05) is 0 Å². The molecule has 0 aliphatic heterocycles. The van der Waals surface area contributed by atoms with E-state index in [1.807, 2.05) is 0 Å². The summed E-state index contributed by atoms with van der Waals surface area (Å²) in [6.07, 6.45) is 0. The first-order valence-corrected chi connectivity index (χ1v) is 5.68. The van der Waals surface area contributed by atoms with Crippen LogP contribution in [0, 0.1) is 34.5 Å². The summed E-state index contributed by atoms with van der Waals surface area (Å²) in [5.74, 6) is -5.53. The Hall–Kier alpha value is -2.48. The quantitative estimate of drug-likeness (QED) is 0.703. The van der Waals surface area contributed by atoms with E-state index < -0.39 is 34.9 Å². The lowest BCUT2D eigenvalue weighted by Gasteiger charge is -2.25. The van der Waals surface area contributed by atoms with E-state index in [-0.39, 0.29) is 0 Å². The monoisotopic (exact) mass is 280 g/mol. The number of azo groups is 1. The van der Waals surface area contributed by atoms with E-state index in [1.54, 1.807) is 12.1 Å². The van der Waals surface area contributed by atoms with Crippen LogP contribution in [-0.2, 0) is 9.59 Å². The molecule has 0 saturated heterocycles. The molecule has 0 aromatic heterocycles. The van der Waals surface area contributed by atoms with Gasteiger partial charge in [-0.25, -0.2) is 0 Å². The molecule has 0 heterocycles. The molecule has 0 aromatic carbocycles. The number of hydrogen-bond donors (Lipinski definition) is 2. The molecule has 8 nitrogen and oxygen atoms in total. The Bertz CT molecular complexity index is 465. The summed E-state index contributed by atoms with van der Waals surface area (Å²) in [5, 5.41) is 43.0. The Kier molecular flexibility index (Phi) is 5.35. The second kappa shape index (κ2) is 6.11. The van der Waals surface area contributed by atoms with Gasteiger partial charge >= 0.3 is 11.9 Å². The number of carbonyl (C=O) groups is 2. The maximum Gasteiger partial charge on any atom is 0.323 e. The van der Waals surface area contributed by atoms with Crippen LogP contribution in [0.3, 0.4) is 0 Å². The summed E-state index contributed by atoms with van der Waals surface area (Å²) < 4.78 is 0. The maximum absolute atomic E-state index is 10.9. The lowest BCUT2D eigenvalue weighted by atomic mass is 9.88. The number of aliphatic carboxylic acids is 2. The van der Waals surface area contributed by atoms with Crippen LogP contribution in [0.1, 0.15) is 27.7 Å². The molecule has 2 unspecified atom stereocenters. The molecular weight excluding hydrogens is 264 g/mol. The smallest absolute Gasteiger partial charge is 0.323 e. The van der Waals surface area contributed by atoms with Crippen molar-refractivity contribution in [2.75, 3.05) is 0 Å². The molecule has 0 rings (SSSR count). The van der Waals surface area contributed by atoms with Crippen LogP contribution >= 0.6 is 0 Å². The van der Waals surface area contributed by atoms with Crippen LogP contribution in [0.2, 0.25) is 0 Å². The number of nitrogens with zero attached hydrogens (tertiary/aromatic N) is 4. The first-order chi connectivity index (χ1) is 8.99. The molecule has 0 aliphatic rings. The summed E-state index contributed by atoms with van der Waals surface area (Å²) in [4.78, 5) is 21.9. The van der Waals surface area contributed by atoms with Gasteiger partial charge in [0.05, 0.1) is 12.1 Å². The van der Waals surface area contributed by atoms with Crippen molar-refractivity contribution in [3.8, 4) is 12.1 Å². The lowest BCUT2D eigenvalue weighted by Crippen LogP contribution is -2.37. The molecule has 0 spiro atoms. The minimum absolute atomic E-state index is 1.34. The highest BCUT2D eigenvalue weighted by Crippen LogP contribution is 2.27. The van der Waals surface area contributed by atoms with E-state index >= 15 is 0 Å². The minimum atomic E-state index is -1.42. The van der Waals surface area contributed by atoms with Crippen LogP contribution in [0.25, 0.3) is 0 Å². The lowest BCUT2D eigenvalue weighted by molar-refractivity contribution is -0.143. The zero-order valence-electron chi connectivity index (χ0n) is 11.7. The summed E-state index contributed by atoms with van der Waals surface area (Å²) in [7, 11) is 0. The molecule has 8 heteroatoms. The molecule has 2 atom stereocenters. The number of nitriles is 2. The number of hydrogen-bond acceptors (Lipinski definition) is 6. The van der Waals surface area contributed by atoms with Gasteiger partial charge in [-0.2, -0.15) is 20.8 Å². The molecule has 108 valence electrons. The minimum Gasteiger partial charge on any atom is -0.480 e. The second-order valence-electron chi connectivity index (χ2n) is 5.31. The Morgan fingerprint density at radius 1 is 0.900 bits per heavy atom. The highest BCUT2D eigenvalue weighted by Gasteiger charge is 2.39. The third-order valence-electron chi connectivity index (χ3n) is 2.73. The van der Waals surface area contributed by atoms with Gasteiger partial charge in [-0.1, -0.05) is 0 Å². The Balaban J connectivity index is 5.39. The van der Waals surface area contributed by atoms with Crippen LogP contribution in [0.15, 0.2) is 10.2 Å². The van der Waals surface area contributed by atoms with Crippen LogP contribution in [0.4, 0.5) is 0 Å². The van der Waals surface area contributed by atoms with E-state index in [0.29, 0.717) is 0 Å². The normalized spacial score (nSPS) is 15.1. The molecular formula is C12H16N4O4. The van der Waals surface area contributed by atoms with Crippen molar-refractivity contribution in [3.05, 3.63) is 0 Å². The SMILES string of the molecule is CC(C)(N=NC(C)(C)C(C#N)C(=O)O)C(C#N)C(=O)O. The first-order valence-electron chi connectivity index (χ1n) is 5.68. The molecule has 0 aliphatic carbocycles. The molecule has 0 aromatic rings. The third-order valence-corrected chi connectivity index (χ3v) is 2.73. The summed E-state index contributed by atoms with van der Waals surface area (Å²) >= 11 is 0. The first kappa shape index (κ1) is 17.5. The average Bonchev–Trinajstić information content (AvgIpc) is 2.26. The van der Waals surface area contributed by atoms with Crippen molar-refractivity contribution in [2.24, 2.45) is 22.1 Å². The fourth-order valence-corrected chi connectivity index (χ4v) is 1.40. The highest BCUT2D eigenvalue weighted by atomic mass is 16.4. The van der Waals surface area contributed by atoms with E-state index in [0.717, 1.165) is 0 Å². The topological polar surface area (TPSA) is 147 Å². The van der Waals surface area contributed by atoms with Gasteiger partial charge in [0.15, 0.2) is 11.8 Å².